The Morgan fingerprint density at radius 1 is 1.14 bits per heavy atom. The summed E-state index contributed by atoms with van der Waals surface area (Å²) in [5.41, 5.74) is 8.21. The van der Waals surface area contributed by atoms with Gasteiger partial charge in [-0.25, -0.2) is 4.98 Å². The number of aromatic nitrogens is 2. The maximum Gasteiger partial charge on any atom is 0.124 e. The third-order valence-corrected chi connectivity index (χ3v) is 3.39. The standard InChI is InChI=1S/C16H23N3O2/c1-11(2)5-15(17)16-9-18-10-19(16)12-6-13(20-3)8-14(7-12)21-4/h6-11,15H,5,17H2,1-4H3. The lowest BCUT2D eigenvalue weighted by molar-refractivity contribution is 0.394. The summed E-state index contributed by atoms with van der Waals surface area (Å²) in [5, 5.41) is 0. The minimum atomic E-state index is -0.0512. The molecular weight excluding hydrogens is 266 g/mol. The van der Waals surface area contributed by atoms with Crippen molar-refractivity contribution >= 4 is 0 Å². The van der Waals surface area contributed by atoms with Crippen LogP contribution in [-0.2, 0) is 0 Å². The molecule has 114 valence electrons. The number of nitrogens with two attached hydrogens (primary N) is 1. The number of nitrogens with zero attached hydrogens (tertiary/aromatic N) is 2. The molecule has 1 heterocycles. The van der Waals surface area contributed by atoms with Crippen molar-refractivity contribution in [1.29, 1.82) is 0 Å². The number of benzene rings is 1. The highest BCUT2D eigenvalue weighted by atomic mass is 16.5. The van der Waals surface area contributed by atoms with Gasteiger partial charge in [-0.15, -0.1) is 0 Å². The molecule has 1 aromatic heterocycles. The van der Waals surface area contributed by atoms with Gasteiger partial charge in [0.25, 0.3) is 0 Å². The van der Waals surface area contributed by atoms with Crippen LogP contribution in [0.25, 0.3) is 5.69 Å². The molecule has 0 fully saturated rings. The van der Waals surface area contributed by atoms with Crippen molar-refractivity contribution in [1.82, 2.24) is 9.55 Å². The maximum atomic E-state index is 6.30. The van der Waals surface area contributed by atoms with E-state index in [1.54, 1.807) is 20.5 Å². The highest BCUT2D eigenvalue weighted by molar-refractivity contribution is 5.47. The highest BCUT2D eigenvalue weighted by Crippen LogP contribution is 2.28. The van der Waals surface area contributed by atoms with E-state index in [0.717, 1.165) is 29.3 Å². The number of hydrogen-bond donors (Lipinski definition) is 1. The maximum absolute atomic E-state index is 6.30. The van der Waals surface area contributed by atoms with Gasteiger partial charge in [0.1, 0.15) is 11.5 Å². The fraction of sp³-hybridized carbons (Fsp3) is 0.438. The van der Waals surface area contributed by atoms with Crippen LogP contribution >= 0.6 is 0 Å². The predicted molar refractivity (Wildman–Crippen MR) is 83.1 cm³/mol. The molecule has 5 nitrogen and oxygen atoms in total. The lowest BCUT2D eigenvalue weighted by Gasteiger charge is -2.17. The van der Waals surface area contributed by atoms with E-state index in [-0.39, 0.29) is 6.04 Å². The number of methoxy groups -OCH3 is 2. The van der Waals surface area contributed by atoms with Crippen LogP contribution < -0.4 is 15.2 Å². The van der Waals surface area contributed by atoms with Crippen molar-refractivity contribution in [2.24, 2.45) is 11.7 Å². The van der Waals surface area contributed by atoms with Gasteiger partial charge in [0.15, 0.2) is 0 Å². The van der Waals surface area contributed by atoms with E-state index in [1.165, 1.54) is 0 Å². The fourth-order valence-electron chi connectivity index (χ4n) is 2.36. The molecule has 21 heavy (non-hydrogen) atoms. The smallest absolute Gasteiger partial charge is 0.124 e. The van der Waals surface area contributed by atoms with E-state index in [2.05, 4.69) is 18.8 Å². The Kier molecular flexibility index (Phi) is 4.85. The first-order valence-corrected chi connectivity index (χ1v) is 7.06. The second-order valence-corrected chi connectivity index (χ2v) is 5.50. The molecule has 1 unspecified atom stereocenters. The first-order chi connectivity index (χ1) is 10.0. The molecule has 2 rings (SSSR count). The highest BCUT2D eigenvalue weighted by Gasteiger charge is 2.15. The van der Waals surface area contributed by atoms with E-state index < -0.39 is 0 Å². The molecule has 2 N–H and O–H groups in total. The number of ether oxygens (including phenoxy) is 2. The van der Waals surface area contributed by atoms with E-state index >= 15 is 0 Å². The van der Waals surface area contributed by atoms with Crippen LogP contribution in [0.2, 0.25) is 0 Å². The molecule has 0 spiro atoms. The van der Waals surface area contributed by atoms with Gasteiger partial charge in [-0.05, 0) is 12.3 Å². The molecule has 0 bridgehead atoms. The molecule has 0 saturated carbocycles. The third-order valence-electron chi connectivity index (χ3n) is 3.39. The van der Waals surface area contributed by atoms with Crippen molar-refractivity contribution in [3.8, 4) is 17.2 Å². The van der Waals surface area contributed by atoms with Crippen LogP contribution in [0.15, 0.2) is 30.7 Å². The predicted octanol–water partition coefficient (Wildman–Crippen LogP) is 2.94. The molecule has 1 aromatic carbocycles. The van der Waals surface area contributed by atoms with Gasteiger partial charge in [0.2, 0.25) is 0 Å². The molecule has 0 aliphatic heterocycles. The SMILES string of the molecule is COc1cc(OC)cc(-n2cncc2C(N)CC(C)C)c1. The lowest BCUT2D eigenvalue weighted by Crippen LogP contribution is -2.16. The van der Waals surface area contributed by atoms with Crippen molar-refractivity contribution < 1.29 is 9.47 Å². The van der Waals surface area contributed by atoms with Gasteiger partial charge in [-0.2, -0.15) is 0 Å². The topological polar surface area (TPSA) is 62.3 Å². The zero-order valence-corrected chi connectivity index (χ0v) is 13.0. The minimum Gasteiger partial charge on any atom is -0.497 e. The first kappa shape index (κ1) is 15.4. The van der Waals surface area contributed by atoms with Gasteiger partial charge >= 0.3 is 0 Å². The van der Waals surface area contributed by atoms with Gasteiger partial charge < -0.3 is 19.8 Å². The Labute approximate surface area is 125 Å². The Hall–Kier alpha value is -2.01. The average Bonchev–Trinajstić information content (AvgIpc) is 2.95. The number of rotatable bonds is 6. The van der Waals surface area contributed by atoms with Crippen molar-refractivity contribution in [3.63, 3.8) is 0 Å². The molecular formula is C16H23N3O2. The van der Waals surface area contributed by atoms with Crippen molar-refractivity contribution in [3.05, 3.63) is 36.4 Å². The number of hydrogen-bond acceptors (Lipinski definition) is 4. The van der Waals surface area contributed by atoms with Gasteiger partial charge in [0, 0.05) is 24.2 Å². The Morgan fingerprint density at radius 3 is 2.29 bits per heavy atom. The molecule has 5 heteroatoms. The molecule has 0 saturated heterocycles. The van der Waals surface area contributed by atoms with E-state index in [4.69, 9.17) is 15.2 Å². The van der Waals surface area contributed by atoms with Gasteiger partial charge in [-0.3, -0.25) is 0 Å². The molecule has 0 radical (unpaired) electrons. The van der Waals surface area contributed by atoms with Gasteiger partial charge in [0.05, 0.1) is 38.1 Å². The summed E-state index contributed by atoms with van der Waals surface area (Å²) in [6, 6.07) is 5.67. The molecule has 2 aromatic rings. The Morgan fingerprint density at radius 2 is 1.76 bits per heavy atom. The summed E-state index contributed by atoms with van der Waals surface area (Å²) in [4.78, 5) is 4.24. The van der Waals surface area contributed by atoms with Crippen LogP contribution in [0.4, 0.5) is 0 Å². The Balaban J connectivity index is 2.41. The van der Waals surface area contributed by atoms with E-state index in [1.807, 2.05) is 29.0 Å². The van der Waals surface area contributed by atoms with Crippen molar-refractivity contribution in [2.75, 3.05) is 14.2 Å². The normalized spacial score (nSPS) is 12.5. The van der Waals surface area contributed by atoms with E-state index in [9.17, 15) is 0 Å². The summed E-state index contributed by atoms with van der Waals surface area (Å²) in [5.74, 6) is 2.01. The van der Waals surface area contributed by atoms with Crippen LogP contribution in [0.3, 0.4) is 0 Å². The lowest BCUT2D eigenvalue weighted by atomic mass is 10.0. The fourth-order valence-corrected chi connectivity index (χ4v) is 2.36. The third kappa shape index (κ3) is 3.55. The van der Waals surface area contributed by atoms with E-state index in [0.29, 0.717) is 5.92 Å². The summed E-state index contributed by atoms with van der Waals surface area (Å²) in [7, 11) is 3.27. The Bertz CT molecular complexity index is 571. The minimum absolute atomic E-state index is 0.0512. The summed E-state index contributed by atoms with van der Waals surface area (Å²) >= 11 is 0. The molecule has 0 aliphatic carbocycles. The first-order valence-electron chi connectivity index (χ1n) is 7.06. The van der Waals surface area contributed by atoms with Gasteiger partial charge in [-0.1, -0.05) is 13.8 Å². The average molecular weight is 289 g/mol. The summed E-state index contributed by atoms with van der Waals surface area (Å²) in [6.45, 7) is 4.32. The van der Waals surface area contributed by atoms with Crippen LogP contribution in [-0.4, -0.2) is 23.8 Å². The molecule has 0 aliphatic rings. The molecule has 1 atom stereocenters. The number of imidazole rings is 1. The summed E-state index contributed by atoms with van der Waals surface area (Å²) < 4.78 is 12.6. The zero-order valence-electron chi connectivity index (χ0n) is 13.0. The second kappa shape index (κ2) is 6.63. The van der Waals surface area contributed by atoms with Crippen LogP contribution in [0, 0.1) is 5.92 Å². The molecule has 0 amide bonds. The van der Waals surface area contributed by atoms with Crippen molar-refractivity contribution in [2.45, 2.75) is 26.3 Å². The van der Waals surface area contributed by atoms with Crippen LogP contribution in [0.5, 0.6) is 11.5 Å². The monoisotopic (exact) mass is 289 g/mol. The summed E-state index contributed by atoms with van der Waals surface area (Å²) in [6.07, 6.45) is 4.50. The quantitative estimate of drug-likeness (QED) is 0.888. The second-order valence-electron chi connectivity index (χ2n) is 5.50. The zero-order chi connectivity index (χ0) is 15.4. The van der Waals surface area contributed by atoms with Crippen LogP contribution in [0.1, 0.15) is 32.0 Å². The largest absolute Gasteiger partial charge is 0.497 e.